The Morgan fingerprint density at radius 3 is 2.48 bits per heavy atom. The van der Waals surface area contributed by atoms with E-state index in [4.69, 9.17) is 0 Å². The molecule has 1 saturated carbocycles. The molecule has 3 nitrogen and oxygen atoms in total. The van der Waals surface area contributed by atoms with E-state index in [2.05, 4.69) is 5.32 Å². The Labute approximate surface area is 131 Å². The Kier molecular flexibility index (Phi) is 5.59. The molecule has 3 rings (SSSR count). The van der Waals surface area contributed by atoms with Gasteiger partial charge in [-0.15, -0.1) is 12.4 Å². The molecule has 1 heterocycles. The van der Waals surface area contributed by atoms with Crippen molar-refractivity contribution in [1.29, 1.82) is 0 Å². The van der Waals surface area contributed by atoms with Crippen molar-refractivity contribution in [3.63, 3.8) is 0 Å². The van der Waals surface area contributed by atoms with Gasteiger partial charge in [0.1, 0.15) is 5.82 Å². The van der Waals surface area contributed by atoms with Crippen molar-refractivity contribution in [2.24, 2.45) is 5.92 Å². The molecular weight excluding hydrogens is 291 g/mol. The molecule has 1 aromatic carbocycles. The van der Waals surface area contributed by atoms with Crippen LogP contribution in [0.4, 0.5) is 4.39 Å². The molecule has 5 heteroatoms. The first-order chi connectivity index (χ1) is 9.75. The van der Waals surface area contributed by atoms with Crippen molar-refractivity contribution in [2.45, 2.75) is 38.3 Å². The molecular formula is C16H22ClFN2O. The highest BCUT2D eigenvalue weighted by atomic mass is 35.5. The molecule has 1 saturated heterocycles. The van der Waals surface area contributed by atoms with Gasteiger partial charge in [0.05, 0.1) is 0 Å². The van der Waals surface area contributed by atoms with Gasteiger partial charge >= 0.3 is 0 Å². The Morgan fingerprint density at radius 1 is 1.19 bits per heavy atom. The monoisotopic (exact) mass is 312 g/mol. The quantitative estimate of drug-likeness (QED) is 0.927. The van der Waals surface area contributed by atoms with E-state index in [1.54, 1.807) is 12.1 Å². The molecule has 0 bridgehead atoms. The molecule has 0 spiro atoms. The summed E-state index contributed by atoms with van der Waals surface area (Å²) in [6, 6.07) is 7.10. The van der Waals surface area contributed by atoms with Crippen molar-refractivity contribution < 1.29 is 9.18 Å². The average molecular weight is 313 g/mol. The number of nitrogens with one attached hydrogen (secondary N) is 1. The van der Waals surface area contributed by atoms with Crippen LogP contribution < -0.4 is 5.32 Å². The average Bonchev–Trinajstić information content (AvgIpc) is 3.31. The number of carbonyl (C=O) groups excluding carboxylic acids is 1. The lowest BCUT2D eigenvalue weighted by molar-refractivity contribution is -0.137. The smallest absolute Gasteiger partial charge is 0.226 e. The highest BCUT2D eigenvalue weighted by Gasteiger charge is 2.36. The molecule has 116 valence electrons. The van der Waals surface area contributed by atoms with E-state index >= 15 is 0 Å². The van der Waals surface area contributed by atoms with E-state index < -0.39 is 0 Å². The fourth-order valence-corrected chi connectivity index (χ4v) is 2.89. The highest BCUT2D eigenvalue weighted by molar-refractivity contribution is 5.85. The van der Waals surface area contributed by atoms with Gasteiger partial charge in [-0.2, -0.15) is 0 Å². The second-order valence-corrected chi connectivity index (χ2v) is 5.81. The summed E-state index contributed by atoms with van der Waals surface area (Å²) in [5.41, 5.74) is 0.627. The standard InChI is InChI=1S/C16H21FN2O.ClH/c17-15-4-2-1-3-13(15)11-19(14-5-6-14)16(20)12-7-9-18-10-8-12;/h1-4,12,14,18H,5-11H2;1H. The predicted molar refractivity (Wildman–Crippen MR) is 82.8 cm³/mol. The summed E-state index contributed by atoms with van der Waals surface area (Å²) in [5, 5.41) is 3.28. The van der Waals surface area contributed by atoms with Crippen LogP contribution in [0, 0.1) is 11.7 Å². The normalized spacial score (nSPS) is 18.9. The lowest BCUT2D eigenvalue weighted by Crippen LogP contribution is -2.41. The predicted octanol–water partition coefficient (Wildman–Crippen LogP) is 2.74. The zero-order chi connectivity index (χ0) is 13.9. The van der Waals surface area contributed by atoms with Crippen molar-refractivity contribution in [3.8, 4) is 0 Å². The van der Waals surface area contributed by atoms with Crippen LogP contribution in [0.1, 0.15) is 31.2 Å². The number of hydrogen-bond donors (Lipinski definition) is 1. The van der Waals surface area contributed by atoms with E-state index in [1.165, 1.54) is 6.07 Å². The summed E-state index contributed by atoms with van der Waals surface area (Å²) >= 11 is 0. The number of piperidine rings is 1. The molecule has 1 aliphatic heterocycles. The molecule has 1 N–H and O–H groups in total. The van der Waals surface area contributed by atoms with Crippen LogP contribution in [0.2, 0.25) is 0 Å². The third-order valence-corrected chi connectivity index (χ3v) is 4.26. The molecule has 0 atom stereocenters. The zero-order valence-electron chi connectivity index (χ0n) is 12.1. The van der Waals surface area contributed by atoms with Gasteiger partial charge in [-0.3, -0.25) is 4.79 Å². The van der Waals surface area contributed by atoms with Gasteiger partial charge in [0, 0.05) is 24.1 Å². The molecule has 1 amide bonds. The fraction of sp³-hybridized carbons (Fsp3) is 0.562. The summed E-state index contributed by atoms with van der Waals surface area (Å²) in [7, 11) is 0. The van der Waals surface area contributed by atoms with Gasteiger partial charge < -0.3 is 10.2 Å². The van der Waals surface area contributed by atoms with Crippen LogP contribution in [0.15, 0.2) is 24.3 Å². The minimum atomic E-state index is -0.212. The van der Waals surface area contributed by atoms with Crippen LogP contribution in [0.25, 0.3) is 0 Å². The van der Waals surface area contributed by atoms with E-state index in [0.717, 1.165) is 38.8 Å². The number of hydrogen-bond acceptors (Lipinski definition) is 2. The second-order valence-electron chi connectivity index (χ2n) is 5.81. The Balaban J connectivity index is 0.00000161. The van der Waals surface area contributed by atoms with Gasteiger partial charge in [0.2, 0.25) is 5.91 Å². The maximum Gasteiger partial charge on any atom is 0.226 e. The molecule has 1 aromatic rings. The minimum absolute atomic E-state index is 0. The van der Waals surface area contributed by atoms with E-state index in [0.29, 0.717) is 18.2 Å². The zero-order valence-corrected chi connectivity index (χ0v) is 12.9. The van der Waals surface area contributed by atoms with Crippen molar-refractivity contribution in [3.05, 3.63) is 35.6 Å². The fourth-order valence-electron chi connectivity index (χ4n) is 2.89. The van der Waals surface area contributed by atoms with Crippen LogP contribution in [-0.2, 0) is 11.3 Å². The van der Waals surface area contributed by atoms with Gasteiger partial charge in [-0.25, -0.2) is 4.39 Å². The molecule has 2 aliphatic rings. The summed E-state index contributed by atoms with van der Waals surface area (Å²) in [6.45, 7) is 2.24. The van der Waals surface area contributed by atoms with Gasteiger partial charge in [-0.05, 0) is 44.8 Å². The molecule has 1 aliphatic carbocycles. The van der Waals surface area contributed by atoms with Crippen molar-refractivity contribution >= 4 is 18.3 Å². The van der Waals surface area contributed by atoms with E-state index in [1.807, 2.05) is 11.0 Å². The maximum absolute atomic E-state index is 13.8. The molecule has 21 heavy (non-hydrogen) atoms. The van der Waals surface area contributed by atoms with Crippen LogP contribution >= 0.6 is 12.4 Å². The SMILES string of the molecule is Cl.O=C(C1CCNCC1)N(Cc1ccccc1F)C1CC1. The summed E-state index contributed by atoms with van der Waals surface area (Å²) < 4.78 is 13.8. The van der Waals surface area contributed by atoms with Crippen LogP contribution in [0.5, 0.6) is 0 Å². The first-order valence-corrected chi connectivity index (χ1v) is 7.50. The third-order valence-electron chi connectivity index (χ3n) is 4.26. The van der Waals surface area contributed by atoms with Crippen LogP contribution in [0.3, 0.4) is 0 Å². The van der Waals surface area contributed by atoms with E-state index in [9.17, 15) is 9.18 Å². The van der Waals surface area contributed by atoms with Gasteiger partial charge in [-0.1, -0.05) is 18.2 Å². The first kappa shape index (κ1) is 16.2. The number of rotatable bonds is 4. The highest BCUT2D eigenvalue weighted by Crippen LogP contribution is 2.31. The molecule has 0 unspecified atom stereocenters. The first-order valence-electron chi connectivity index (χ1n) is 7.50. The lowest BCUT2D eigenvalue weighted by atomic mass is 9.96. The number of nitrogens with zero attached hydrogens (tertiary/aromatic N) is 1. The summed E-state index contributed by atoms with van der Waals surface area (Å²) in [6.07, 6.45) is 3.93. The minimum Gasteiger partial charge on any atom is -0.335 e. The Hall–Kier alpha value is -1.13. The summed E-state index contributed by atoms with van der Waals surface area (Å²) in [5.74, 6) is 0.122. The molecule has 0 radical (unpaired) electrons. The van der Waals surface area contributed by atoms with Crippen LogP contribution in [-0.4, -0.2) is 29.9 Å². The number of benzene rings is 1. The summed E-state index contributed by atoms with van der Waals surface area (Å²) in [4.78, 5) is 14.6. The molecule has 0 aromatic heterocycles. The maximum atomic E-state index is 13.8. The van der Waals surface area contributed by atoms with Crippen molar-refractivity contribution in [2.75, 3.05) is 13.1 Å². The molecule has 2 fully saturated rings. The lowest BCUT2D eigenvalue weighted by Gasteiger charge is -2.30. The second kappa shape index (κ2) is 7.23. The number of halogens is 2. The Bertz CT molecular complexity index is 487. The number of amides is 1. The Morgan fingerprint density at radius 2 is 1.86 bits per heavy atom. The van der Waals surface area contributed by atoms with E-state index in [-0.39, 0.29) is 30.0 Å². The largest absolute Gasteiger partial charge is 0.335 e. The van der Waals surface area contributed by atoms with Gasteiger partial charge in [0.25, 0.3) is 0 Å². The third kappa shape index (κ3) is 3.95. The number of carbonyl (C=O) groups is 1. The topological polar surface area (TPSA) is 32.3 Å². The van der Waals surface area contributed by atoms with Crippen molar-refractivity contribution in [1.82, 2.24) is 10.2 Å². The van der Waals surface area contributed by atoms with Gasteiger partial charge in [0.15, 0.2) is 0 Å².